The Bertz CT molecular complexity index is 816. The molecule has 5 heteroatoms. The van der Waals surface area contributed by atoms with Crippen LogP contribution in [0.5, 0.6) is 0 Å². The summed E-state index contributed by atoms with van der Waals surface area (Å²) in [5.41, 5.74) is 2.64. The third kappa shape index (κ3) is 4.00. The van der Waals surface area contributed by atoms with E-state index in [1.807, 2.05) is 48.7 Å². The fraction of sp³-hybridized carbons (Fsp3) is 0.105. The smallest absolute Gasteiger partial charge is 0.320 e. The van der Waals surface area contributed by atoms with E-state index >= 15 is 0 Å². The van der Waals surface area contributed by atoms with Crippen molar-refractivity contribution in [3.05, 3.63) is 87.9 Å². The molecule has 1 heterocycles. The summed E-state index contributed by atoms with van der Waals surface area (Å²) in [5, 5.41) is 7.75. The lowest BCUT2D eigenvalue weighted by Gasteiger charge is -2.18. The SMILES string of the molecule is Cc1cccc(NC(=O)NC(c2ccc(F)cc2)c2cccs2)c1. The van der Waals surface area contributed by atoms with Gasteiger partial charge in [-0.3, -0.25) is 0 Å². The minimum absolute atomic E-state index is 0.298. The Morgan fingerprint density at radius 3 is 2.54 bits per heavy atom. The molecule has 2 N–H and O–H groups in total. The molecule has 0 saturated heterocycles. The number of carbonyl (C=O) groups excluding carboxylic acids is 1. The molecule has 1 aromatic heterocycles. The molecule has 2 aromatic carbocycles. The normalized spacial score (nSPS) is 11.8. The first-order valence-corrected chi connectivity index (χ1v) is 8.43. The summed E-state index contributed by atoms with van der Waals surface area (Å²) in [7, 11) is 0. The zero-order valence-electron chi connectivity index (χ0n) is 13.1. The molecule has 0 aliphatic heterocycles. The number of thiophene rings is 1. The van der Waals surface area contributed by atoms with Crippen LogP contribution < -0.4 is 10.6 Å². The Kier molecular flexibility index (Phi) is 4.91. The van der Waals surface area contributed by atoms with E-state index in [0.29, 0.717) is 0 Å². The fourth-order valence-electron chi connectivity index (χ4n) is 2.45. The van der Waals surface area contributed by atoms with E-state index in [9.17, 15) is 9.18 Å². The molecule has 3 nitrogen and oxygen atoms in total. The molecular formula is C19H17FN2OS. The quantitative estimate of drug-likeness (QED) is 0.681. The Hall–Kier alpha value is -2.66. The average molecular weight is 340 g/mol. The molecular weight excluding hydrogens is 323 g/mol. The van der Waals surface area contributed by atoms with Gasteiger partial charge in [0.05, 0.1) is 6.04 Å². The molecule has 3 aromatic rings. The van der Waals surface area contributed by atoms with Gasteiger partial charge in [-0.15, -0.1) is 11.3 Å². The van der Waals surface area contributed by atoms with Crippen LogP contribution in [0.15, 0.2) is 66.0 Å². The van der Waals surface area contributed by atoms with E-state index in [0.717, 1.165) is 21.7 Å². The molecule has 0 radical (unpaired) electrons. The highest BCUT2D eigenvalue weighted by atomic mass is 32.1. The van der Waals surface area contributed by atoms with Crippen LogP contribution in [0.3, 0.4) is 0 Å². The van der Waals surface area contributed by atoms with Crippen LogP contribution in [0.4, 0.5) is 14.9 Å². The molecule has 2 amide bonds. The number of nitrogens with one attached hydrogen (secondary N) is 2. The van der Waals surface area contributed by atoms with Gasteiger partial charge in [0.2, 0.25) is 0 Å². The lowest BCUT2D eigenvalue weighted by atomic mass is 10.1. The maximum absolute atomic E-state index is 13.2. The number of anilines is 1. The number of hydrogen-bond donors (Lipinski definition) is 2. The van der Waals surface area contributed by atoms with Gasteiger partial charge in [-0.25, -0.2) is 9.18 Å². The third-order valence-corrected chi connectivity index (χ3v) is 4.52. The van der Waals surface area contributed by atoms with Gasteiger partial charge in [-0.05, 0) is 53.8 Å². The lowest BCUT2D eigenvalue weighted by Crippen LogP contribution is -2.32. The van der Waals surface area contributed by atoms with Crippen LogP contribution in [0.1, 0.15) is 22.0 Å². The molecule has 122 valence electrons. The second-order valence-corrected chi connectivity index (χ2v) is 6.45. The summed E-state index contributed by atoms with van der Waals surface area (Å²) in [4.78, 5) is 13.4. The summed E-state index contributed by atoms with van der Waals surface area (Å²) in [6, 6.07) is 17.0. The largest absolute Gasteiger partial charge is 0.326 e. The molecule has 0 saturated carbocycles. The molecule has 0 aliphatic rings. The monoisotopic (exact) mass is 340 g/mol. The van der Waals surface area contributed by atoms with E-state index in [2.05, 4.69) is 10.6 Å². The summed E-state index contributed by atoms with van der Waals surface area (Å²) in [5.74, 6) is -0.298. The molecule has 0 aliphatic carbocycles. The van der Waals surface area contributed by atoms with Crippen molar-refractivity contribution in [2.24, 2.45) is 0 Å². The van der Waals surface area contributed by atoms with Crippen LogP contribution in [0.25, 0.3) is 0 Å². The third-order valence-electron chi connectivity index (χ3n) is 3.58. The van der Waals surface area contributed by atoms with Crippen molar-refractivity contribution in [1.82, 2.24) is 5.32 Å². The standard InChI is InChI=1S/C19H17FN2OS/c1-13-4-2-5-16(12-13)21-19(23)22-18(17-6-3-11-24-17)14-7-9-15(20)10-8-14/h2-12,18H,1H3,(H2,21,22,23). The lowest BCUT2D eigenvalue weighted by molar-refractivity contribution is 0.250. The topological polar surface area (TPSA) is 41.1 Å². The van der Waals surface area contributed by atoms with Crippen molar-refractivity contribution in [3.63, 3.8) is 0 Å². The Labute approximate surface area is 144 Å². The first kappa shape index (κ1) is 16.2. The zero-order chi connectivity index (χ0) is 16.9. The van der Waals surface area contributed by atoms with Gasteiger partial charge in [-0.2, -0.15) is 0 Å². The number of halogens is 1. The summed E-state index contributed by atoms with van der Waals surface area (Å²) in [6.07, 6.45) is 0. The van der Waals surface area contributed by atoms with Gasteiger partial charge in [0.25, 0.3) is 0 Å². The molecule has 3 rings (SSSR count). The zero-order valence-corrected chi connectivity index (χ0v) is 13.9. The van der Waals surface area contributed by atoms with E-state index < -0.39 is 0 Å². The summed E-state index contributed by atoms with van der Waals surface area (Å²) < 4.78 is 13.2. The maximum Gasteiger partial charge on any atom is 0.320 e. The highest BCUT2D eigenvalue weighted by molar-refractivity contribution is 7.10. The van der Waals surface area contributed by atoms with Crippen molar-refractivity contribution < 1.29 is 9.18 Å². The van der Waals surface area contributed by atoms with Crippen molar-refractivity contribution in [2.75, 3.05) is 5.32 Å². The molecule has 0 spiro atoms. The van der Waals surface area contributed by atoms with Gasteiger partial charge in [0.1, 0.15) is 5.82 Å². The van der Waals surface area contributed by atoms with Crippen LogP contribution >= 0.6 is 11.3 Å². The second-order valence-electron chi connectivity index (χ2n) is 5.47. The number of benzene rings is 2. The van der Waals surface area contributed by atoms with E-state index in [4.69, 9.17) is 0 Å². The highest BCUT2D eigenvalue weighted by Crippen LogP contribution is 2.26. The fourth-order valence-corrected chi connectivity index (χ4v) is 3.25. The minimum atomic E-state index is -0.324. The van der Waals surface area contributed by atoms with Crippen LogP contribution in [-0.4, -0.2) is 6.03 Å². The van der Waals surface area contributed by atoms with E-state index in [1.165, 1.54) is 12.1 Å². The second kappa shape index (κ2) is 7.27. The van der Waals surface area contributed by atoms with Crippen LogP contribution in [-0.2, 0) is 0 Å². The maximum atomic E-state index is 13.2. The van der Waals surface area contributed by atoms with Gasteiger partial charge in [-0.1, -0.05) is 30.3 Å². The highest BCUT2D eigenvalue weighted by Gasteiger charge is 2.18. The Balaban J connectivity index is 1.79. The van der Waals surface area contributed by atoms with Gasteiger partial charge in [0.15, 0.2) is 0 Å². The molecule has 1 atom stereocenters. The van der Waals surface area contributed by atoms with Crippen LogP contribution in [0, 0.1) is 12.7 Å². The number of rotatable bonds is 4. The Morgan fingerprint density at radius 2 is 1.88 bits per heavy atom. The first-order valence-electron chi connectivity index (χ1n) is 7.55. The minimum Gasteiger partial charge on any atom is -0.326 e. The number of amides is 2. The number of urea groups is 1. The van der Waals surface area contributed by atoms with Crippen molar-refractivity contribution in [3.8, 4) is 0 Å². The van der Waals surface area contributed by atoms with Crippen molar-refractivity contribution >= 4 is 23.1 Å². The number of hydrogen-bond acceptors (Lipinski definition) is 2. The predicted molar refractivity (Wildman–Crippen MR) is 95.9 cm³/mol. The van der Waals surface area contributed by atoms with Gasteiger partial charge >= 0.3 is 6.03 Å². The van der Waals surface area contributed by atoms with Crippen molar-refractivity contribution in [2.45, 2.75) is 13.0 Å². The summed E-state index contributed by atoms with van der Waals surface area (Å²) >= 11 is 1.54. The van der Waals surface area contributed by atoms with Crippen LogP contribution in [0.2, 0.25) is 0 Å². The average Bonchev–Trinajstić information content (AvgIpc) is 3.08. The Morgan fingerprint density at radius 1 is 1.08 bits per heavy atom. The molecule has 0 bridgehead atoms. The van der Waals surface area contributed by atoms with Gasteiger partial charge < -0.3 is 10.6 Å². The predicted octanol–water partition coefficient (Wildman–Crippen LogP) is 5.11. The van der Waals surface area contributed by atoms with Gasteiger partial charge in [0, 0.05) is 10.6 Å². The molecule has 24 heavy (non-hydrogen) atoms. The van der Waals surface area contributed by atoms with E-state index in [-0.39, 0.29) is 17.9 Å². The molecule has 1 unspecified atom stereocenters. The van der Waals surface area contributed by atoms with E-state index in [1.54, 1.807) is 23.5 Å². The summed E-state index contributed by atoms with van der Waals surface area (Å²) in [6.45, 7) is 1.97. The first-order chi connectivity index (χ1) is 11.6. The number of aryl methyl sites for hydroxylation is 1. The number of carbonyl (C=O) groups is 1. The van der Waals surface area contributed by atoms with Crippen molar-refractivity contribution in [1.29, 1.82) is 0 Å². The molecule has 0 fully saturated rings.